The van der Waals surface area contributed by atoms with Crippen molar-refractivity contribution >= 4 is 6.09 Å². The number of hydrogen-bond donors (Lipinski definition) is 1. The summed E-state index contributed by atoms with van der Waals surface area (Å²) in [6, 6.07) is -0.00463. The van der Waals surface area contributed by atoms with E-state index >= 15 is 0 Å². The quantitative estimate of drug-likeness (QED) is 0.642. The molecule has 2 atom stereocenters. The molecule has 0 aromatic rings. The van der Waals surface area contributed by atoms with E-state index in [2.05, 4.69) is 5.32 Å². The molecule has 0 aromatic carbocycles. The lowest BCUT2D eigenvalue weighted by atomic mass is 10.0. The SMILES string of the molecule is CCC(C)C(C)NC([O])=O. The lowest BCUT2D eigenvalue weighted by Crippen LogP contribution is -2.35. The topological polar surface area (TPSA) is 49.0 Å². The van der Waals surface area contributed by atoms with Crippen LogP contribution in [0.25, 0.3) is 0 Å². The highest BCUT2D eigenvalue weighted by molar-refractivity contribution is 5.64. The summed E-state index contributed by atoms with van der Waals surface area (Å²) in [6.45, 7) is 5.86. The van der Waals surface area contributed by atoms with Gasteiger partial charge in [-0.3, -0.25) is 0 Å². The Hall–Kier alpha value is -0.730. The van der Waals surface area contributed by atoms with Crippen LogP contribution in [0.3, 0.4) is 0 Å². The van der Waals surface area contributed by atoms with Gasteiger partial charge < -0.3 is 5.32 Å². The predicted molar refractivity (Wildman–Crippen MR) is 38.1 cm³/mol. The molecule has 10 heavy (non-hydrogen) atoms. The van der Waals surface area contributed by atoms with E-state index < -0.39 is 6.09 Å². The molecule has 0 aromatic heterocycles. The van der Waals surface area contributed by atoms with E-state index in [9.17, 15) is 9.90 Å². The molecule has 3 nitrogen and oxygen atoms in total. The van der Waals surface area contributed by atoms with E-state index in [1.54, 1.807) is 0 Å². The number of amides is 1. The van der Waals surface area contributed by atoms with Gasteiger partial charge in [-0.1, -0.05) is 20.3 Å². The average Bonchev–Trinajstić information content (AvgIpc) is 1.85. The van der Waals surface area contributed by atoms with Crippen LogP contribution in [0.2, 0.25) is 0 Å². The van der Waals surface area contributed by atoms with Crippen LogP contribution >= 0.6 is 0 Å². The number of rotatable bonds is 3. The molecule has 3 heteroatoms. The average molecular weight is 144 g/mol. The third-order valence-corrected chi connectivity index (χ3v) is 1.84. The monoisotopic (exact) mass is 144 g/mol. The first kappa shape index (κ1) is 9.27. The van der Waals surface area contributed by atoms with Crippen LogP contribution < -0.4 is 5.32 Å². The Labute approximate surface area is 61.4 Å². The maximum absolute atomic E-state index is 10.0. The van der Waals surface area contributed by atoms with Crippen molar-refractivity contribution in [1.29, 1.82) is 0 Å². The Kier molecular flexibility index (Phi) is 3.84. The van der Waals surface area contributed by atoms with Gasteiger partial charge in [-0.25, -0.2) is 9.90 Å². The molecule has 59 valence electrons. The fraction of sp³-hybridized carbons (Fsp3) is 0.857. The summed E-state index contributed by atoms with van der Waals surface area (Å²) in [5.41, 5.74) is 0. The van der Waals surface area contributed by atoms with Gasteiger partial charge in [-0.2, -0.15) is 0 Å². The summed E-state index contributed by atoms with van der Waals surface area (Å²) >= 11 is 0. The van der Waals surface area contributed by atoms with E-state index in [-0.39, 0.29) is 6.04 Å². The second-order valence-electron chi connectivity index (χ2n) is 2.61. The maximum atomic E-state index is 10.0. The van der Waals surface area contributed by atoms with Crippen molar-refractivity contribution in [2.75, 3.05) is 0 Å². The Morgan fingerprint density at radius 2 is 2.00 bits per heavy atom. The zero-order chi connectivity index (χ0) is 8.15. The molecule has 2 unspecified atom stereocenters. The molecule has 0 aliphatic rings. The van der Waals surface area contributed by atoms with Gasteiger partial charge in [-0.15, -0.1) is 0 Å². The Morgan fingerprint density at radius 3 is 2.30 bits per heavy atom. The van der Waals surface area contributed by atoms with Gasteiger partial charge in [0.2, 0.25) is 0 Å². The Balaban J connectivity index is 3.61. The van der Waals surface area contributed by atoms with E-state index in [4.69, 9.17) is 0 Å². The van der Waals surface area contributed by atoms with Crippen LogP contribution in [0, 0.1) is 5.92 Å². The molecular formula is C7H14NO2. The van der Waals surface area contributed by atoms with Gasteiger partial charge in [0.1, 0.15) is 0 Å². The lowest BCUT2D eigenvalue weighted by molar-refractivity contribution is 0.161. The number of nitrogens with one attached hydrogen (secondary N) is 1. The molecular weight excluding hydrogens is 130 g/mol. The third-order valence-electron chi connectivity index (χ3n) is 1.84. The van der Waals surface area contributed by atoms with Crippen LogP contribution in [0.1, 0.15) is 27.2 Å². The molecule has 1 N–H and O–H groups in total. The predicted octanol–water partition coefficient (Wildman–Crippen LogP) is 1.56. The van der Waals surface area contributed by atoms with Crippen molar-refractivity contribution in [3.63, 3.8) is 0 Å². The first-order chi connectivity index (χ1) is 4.57. The summed E-state index contributed by atoms with van der Waals surface area (Å²) in [6.07, 6.45) is -0.214. The van der Waals surface area contributed by atoms with Crippen molar-refractivity contribution in [2.24, 2.45) is 5.92 Å². The van der Waals surface area contributed by atoms with E-state index in [0.717, 1.165) is 6.42 Å². The molecule has 0 rings (SSSR count). The summed E-state index contributed by atoms with van der Waals surface area (Å²) in [5.74, 6) is 0.373. The lowest BCUT2D eigenvalue weighted by Gasteiger charge is -2.16. The fourth-order valence-corrected chi connectivity index (χ4v) is 0.682. The highest BCUT2D eigenvalue weighted by atomic mass is 16.4. The summed E-state index contributed by atoms with van der Waals surface area (Å²) in [7, 11) is 0. The van der Waals surface area contributed by atoms with Crippen molar-refractivity contribution in [2.45, 2.75) is 33.2 Å². The summed E-state index contributed by atoms with van der Waals surface area (Å²) < 4.78 is 0. The van der Waals surface area contributed by atoms with Crippen molar-refractivity contribution < 1.29 is 9.90 Å². The Morgan fingerprint density at radius 1 is 1.50 bits per heavy atom. The van der Waals surface area contributed by atoms with Crippen molar-refractivity contribution in [1.82, 2.24) is 5.32 Å². The molecule has 0 spiro atoms. The summed E-state index contributed by atoms with van der Waals surface area (Å²) in [4.78, 5) is 10.0. The second kappa shape index (κ2) is 4.14. The standard InChI is InChI=1S/C7H14NO2/c1-4-5(2)6(3)8-7(9)10/h5-6,8H,4H2,1-3H3. The van der Waals surface area contributed by atoms with E-state index in [1.807, 2.05) is 20.8 Å². The van der Waals surface area contributed by atoms with Crippen molar-refractivity contribution in [3.05, 3.63) is 0 Å². The highest BCUT2D eigenvalue weighted by Gasteiger charge is 2.12. The van der Waals surface area contributed by atoms with Crippen LogP contribution in [-0.2, 0) is 5.11 Å². The first-order valence-electron chi connectivity index (χ1n) is 3.55. The molecule has 1 radical (unpaired) electrons. The third kappa shape index (κ3) is 3.33. The second-order valence-corrected chi connectivity index (χ2v) is 2.61. The highest BCUT2D eigenvalue weighted by Crippen LogP contribution is 2.05. The first-order valence-corrected chi connectivity index (χ1v) is 3.55. The minimum atomic E-state index is -1.19. The van der Waals surface area contributed by atoms with Gasteiger partial charge >= 0.3 is 6.09 Å². The summed E-state index contributed by atoms with van der Waals surface area (Å²) in [5, 5.41) is 12.3. The Bertz CT molecular complexity index is 114. The molecule has 0 fully saturated rings. The zero-order valence-corrected chi connectivity index (χ0v) is 6.68. The van der Waals surface area contributed by atoms with Crippen LogP contribution in [0.4, 0.5) is 4.79 Å². The zero-order valence-electron chi connectivity index (χ0n) is 6.68. The smallest absolute Gasteiger partial charge is 0.316 e. The molecule has 0 bridgehead atoms. The minimum absolute atomic E-state index is 0.00463. The van der Waals surface area contributed by atoms with Crippen LogP contribution in [0.15, 0.2) is 0 Å². The van der Waals surface area contributed by atoms with E-state index in [1.165, 1.54) is 0 Å². The fourth-order valence-electron chi connectivity index (χ4n) is 0.682. The van der Waals surface area contributed by atoms with Gasteiger partial charge in [0.05, 0.1) is 0 Å². The molecule has 0 aliphatic heterocycles. The van der Waals surface area contributed by atoms with Crippen molar-refractivity contribution in [3.8, 4) is 0 Å². The molecule has 0 aliphatic carbocycles. The number of hydrogen-bond acceptors (Lipinski definition) is 1. The van der Waals surface area contributed by atoms with Gasteiger partial charge in [0.15, 0.2) is 0 Å². The molecule has 0 heterocycles. The largest absolute Gasteiger partial charge is 0.450 e. The molecule has 0 saturated carbocycles. The minimum Gasteiger partial charge on any atom is -0.316 e. The van der Waals surface area contributed by atoms with Gasteiger partial charge in [0.25, 0.3) is 0 Å². The van der Waals surface area contributed by atoms with E-state index in [0.29, 0.717) is 5.92 Å². The maximum Gasteiger partial charge on any atom is 0.450 e. The number of carbonyl (C=O) groups excluding carboxylic acids is 1. The van der Waals surface area contributed by atoms with Crippen LogP contribution in [0.5, 0.6) is 0 Å². The van der Waals surface area contributed by atoms with Gasteiger partial charge in [0, 0.05) is 6.04 Å². The van der Waals surface area contributed by atoms with Gasteiger partial charge in [-0.05, 0) is 12.8 Å². The molecule has 1 amide bonds. The van der Waals surface area contributed by atoms with Crippen LogP contribution in [-0.4, -0.2) is 12.1 Å². The number of carbonyl (C=O) groups is 1. The molecule has 0 saturated heterocycles. The normalized spacial score (nSPS) is 15.9.